The van der Waals surface area contributed by atoms with E-state index in [1.165, 1.54) is 4.90 Å². The number of hydrogen-bond donors (Lipinski definition) is 1. The first-order valence-corrected chi connectivity index (χ1v) is 5.58. The highest BCUT2D eigenvalue weighted by Crippen LogP contribution is 2.16. The highest BCUT2D eigenvalue weighted by molar-refractivity contribution is 6.05. The van der Waals surface area contributed by atoms with Gasteiger partial charge in [-0.15, -0.1) is 0 Å². The minimum atomic E-state index is -0.389. The number of rotatable bonds is 5. The topological polar surface area (TPSA) is 58.6 Å². The molecule has 0 aromatic carbocycles. The maximum atomic E-state index is 11.9. The number of ether oxygens (including phenoxy) is 1. The molecule has 0 radical (unpaired) electrons. The van der Waals surface area contributed by atoms with Crippen LogP contribution < -0.4 is 5.32 Å². The lowest BCUT2D eigenvalue weighted by Crippen LogP contribution is -2.45. The molecule has 0 bridgehead atoms. The lowest BCUT2D eigenvalue weighted by atomic mass is 10.2. The Morgan fingerprint density at radius 2 is 2.06 bits per heavy atom. The number of carbonyl (C=O) groups is 2. The fourth-order valence-corrected chi connectivity index (χ4v) is 1.97. The van der Waals surface area contributed by atoms with Gasteiger partial charge in [0.2, 0.25) is 11.8 Å². The van der Waals surface area contributed by atoms with Crippen molar-refractivity contribution in [3.8, 4) is 0 Å². The number of methoxy groups -OCH3 is 1. The molecular weight excluding hydrogens is 208 g/mol. The predicted molar refractivity (Wildman–Crippen MR) is 59.9 cm³/mol. The quantitative estimate of drug-likeness (QED) is 0.680. The van der Waals surface area contributed by atoms with E-state index in [-0.39, 0.29) is 36.4 Å². The van der Waals surface area contributed by atoms with Crippen molar-refractivity contribution in [2.75, 3.05) is 13.7 Å². The monoisotopic (exact) mass is 228 g/mol. The van der Waals surface area contributed by atoms with Crippen LogP contribution in [0.15, 0.2) is 0 Å². The van der Waals surface area contributed by atoms with Crippen LogP contribution in [0.1, 0.15) is 27.2 Å². The number of hydrogen-bond acceptors (Lipinski definition) is 4. The van der Waals surface area contributed by atoms with E-state index >= 15 is 0 Å². The van der Waals surface area contributed by atoms with Crippen LogP contribution in [0.5, 0.6) is 0 Å². The Labute approximate surface area is 96.1 Å². The van der Waals surface area contributed by atoms with Crippen molar-refractivity contribution in [1.29, 1.82) is 0 Å². The molecule has 0 saturated carbocycles. The minimum Gasteiger partial charge on any atom is -0.383 e. The van der Waals surface area contributed by atoms with Crippen LogP contribution in [0.25, 0.3) is 0 Å². The van der Waals surface area contributed by atoms with Gasteiger partial charge < -0.3 is 10.1 Å². The number of amides is 2. The number of carbonyl (C=O) groups excluding carboxylic acids is 2. The molecule has 0 aromatic rings. The maximum Gasteiger partial charge on any atom is 0.247 e. The van der Waals surface area contributed by atoms with Crippen molar-refractivity contribution < 1.29 is 14.3 Å². The molecule has 1 rings (SSSR count). The molecular formula is C11H20N2O3. The van der Waals surface area contributed by atoms with Crippen molar-refractivity contribution in [1.82, 2.24) is 10.2 Å². The third-order valence-corrected chi connectivity index (χ3v) is 2.60. The molecule has 5 heteroatoms. The summed E-state index contributed by atoms with van der Waals surface area (Å²) in [6.07, 6.45) is 0.255. The summed E-state index contributed by atoms with van der Waals surface area (Å²) in [5, 5.41) is 3.11. The summed E-state index contributed by atoms with van der Waals surface area (Å²) < 4.78 is 4.98. The van der Waals surface area contributed by atoms with Crippen molar-refractivity contribution in [3.63, 3.8) is 0 Å². The van der Waals surface area contributed by atoms with Crippen LogP contribution in [0.4, 0.5) is 0 Å². The zero-order valence-electron chi connectivity index (χ0n) is 10.3. The van der Waals surface area contributed by atoms with Crippen LogP contribution in [0.2, 0.25) is 0 Å². The number of imide groups is 1. The standard InChI is InChI=1S/C11H20N2O3/c1-7(2)13-10(14)5-9(11(13)15)12-8(3)6-16-4/h7-9,12H,5-6H2,1-4H3. The SMILES string of the molecule is COCC(C)NC1CC(=O)N(C(C)C)C1=O. The van der Waals surface area contributed by atoms with Gasteiger partial charge >= 0.3 is 0 Å². The molecule has 1 saturated heterocycles. The van der Waals surface area contributed by atoms with Gasteiger partial charge in [-0.05, 0) is 20.8 Å². The van der Waals surface area contributed by atoms with Gasteiger partial charge in [0.15, 0.2) is 0 Å². The summed E-state index contributed by atoms with van der Waals surface area (Å²) in [7, 11) is 1.61. The van der Waals surface area contributed by atoms with E-state index in [1.807, 2.05) is 20.8 Å². The summed E-state index contributed by atoms with van der Waals surface area (Å²) in [6, 6.07) is -0.386. The summed E-state index contributed by atoms with van der Waals surface area (Å²) in [4.78, 5) is 24.8. The van der Waals surface area contributed by atoms with Crippen LogP contribution in [-0.2, 0) is 14.3 Å². The molecule has 0 spiro atoms. The van der Waals surface area contributed by atoms with Crippen molar-refractivity contribution >= 4 is 11.8 Å². The average molecular weight is 228 g/mol. The molecule has 1 fully saturated rings. The Bertz CT molecular complexity index is 278. The largest absolute Gasteiger partial charge is 0.383 e. The first-order chi connectivity index (χ1) is 7.47. The minimum absolute atomic E-state index is 0.0652. The van der Waals surface area contributed by atoms with Gasteiger partial charge in [-0.3, -0.25) is 14.5 Å². The van der Waals surface area contributed by atoms with Crippen LogP contribution in [0, 0.1) is 0 Å². The second-order valence-electron chi connectivity index (χ2n) is 4.48. The third-order valence-electron chi connectivity index (χ3n) is 2.60. The molecule has 92 valence electrons. The first-order valence-electron chi connectivity index (χ1n) is 5.58. The van der Waals surface area contributed by atoms with E-state index in [1.54, 1.807) is 7.11 Å². The fraction of sp³-hybridized carbons (Fsp3) is 0.818. The number of nitrogens with one attached hydrogen (secondary N) is 1. The van der Waals surface area contributed by atoms with Gasteiger partial charge in [0.25, 0.3) is 0 Å². The van der Waals surface area contributed by atoms with Gasteiger partial charge in [-0.25, -0.2) is 0 Å². The summed E-state index contributed by atoms with van der Waals surface area (Å²) in [6.45, 7) is 6.15. The van der Waals surface area contributed by atoms with Crippen molar-refractivity contribution in [2.24, 2.45) is 0 Å². The molecule has 16 heavy (non-hydrogen) atoms. The lowest BCUT2D eigenvalue weighted by molar-refractivity contribution is -0.140. The van der Waals surface area contributed by atoms with E-state index in [0.29, 0.717) is 6.61 Å². The first kappa shape index (κ1) is 13.1. The zero-order valence-corrected chi connectivity index (χ0v) is 10.3. The zero-order chi connectivity index (χ0) is 12.3. The molecule has 5 nitrogen and oxygen atoms in total. The predicted octanol–water partition coefficient (Wildman–Crippen LogP) is 0.147. The normalized spacial score (nSPS) is 23.3. The Morgan fingerprint density at radius 3 is 2.50 bits per heavy atom. The fourth-order valence-electron chi connectivity index (χ4n) is 1.97. The van der Waals surface area contributed by atoms with Gasteiger partial charge in [0.1, 0.15) is 0 Å². The van der Waals surface area contributed by atoms with Gasteiger partial charge in [-0.1, -0.05) is 0 Å². The Hall–Kier alpha value is -0.940. The summed E-state index contributed by atoms with van der Waals surface area (Å²) in [5.41, 5.74) is 0. The second kappa shape index (κ2) is 5.41. The summed E-state index contributed by atoms with van der Waals surface area (Å²) in [5.74, 6) is -0.218. The highest BCUT2D eigenvalue weighted by atomic mass is 16.5. The lowest BCUT2D eigenvalue weighted by Gasteiger charge is -2.20. The van der Waals surface area contributed by atoms with E-state index in [4.69, 9.17) is 4.74 Å². The summed E-state index contributed by atoms with van der Waals surface area (Å²) >= 11 is 0. The highest BCUT2D eigenvalue weighted by Gasteiger charge is 2.40. The van der Waals surface area contributed by atoms with Crippen LogP contribution in [0.3, 0.4) is 0 Å². The van der Waals surface area contributed by atoms with Crippen molar-refractivity contribution in [3.05, 3.63) is 0 Å². The van der Waals surface area contributed by atoms with Gasteiger partial charge in [0, 0.05) is 19.2 Å². The Morgan fingerprint density at radius 1 is 1.44 bits per heavy atom. The molecule has 0 aromatic heterocycles. The smallest absolute Gasteiger partial charge is 0.247 e. The Kier molecular flexibility index (Phi) is 4.44. The molecule has 2 atom stereocenters. The molecule has 1 aliphatic rings. The molecule has 1 heterocycles. The second-order valence-corrected chi connectivity index (χ2v) is 4.48. The number of nitrogens with zero attached hydrogens (tertiary/aromatic N) is 1. The molecule has 2 amide bonds. The van der Waals surface area contributed by atoms with E-state index < -0.39 is 0 Å². The van der Waals surface area contributed by atoms with E-state index in [0.717, 1.165) is 0 Å². The van der Waals surface area contributed by atoms with Crippen LogP contribution >= 0.6 is 0 Å². The van der Waals surface area contributed by atoms with Gasteiger partial charge in [-0.2, -0.15) is 0 Å². The van der Waals surface area contributed by atoms with E-state index in [2.05, 4.69) is 5.32 Å². The maximum absolute atomic E-state index is 11.9. The van der Waals surface area contributed by atoms with E-state index in [9.17, 15) is 9.59 Å². The average Bonchev–Trinajstić information content (AvgIpc) is 2.42. The molecule has 1 aliphatic heterocycles. The molecule has 1 N–H and O–H groups in total. The molecule has 2 unspecified atom stereocenters. The Balaban J connectivity index is 2.59. The van der Waals surface area contributed by atoms with Crippen molar-refractivity contribution in [2.45, 2.75) is 45.3 Å². The third kappa shape index (κ3) is 2.80. The van der Waals surface area contributed by atoms with Crippen LogP contribution in [-0.4, -0.2) is 48.6 Å². The number of likely N-dealkylation sites (tertiary alicyclic amines) is 1. The van der Waals surface area contributed by atoms with Gasteiger partial charge in [0.05, 0.1) is 19.1 Å². The molecule has 0 aliphatic carbocycles.